The van der Waals surface area contributed by atoms with Crippen molar-refractivity contribution in [2.24, 2.45) is 0 Å². The number of carbonyl (C=O) groups is 1. The van der Waals surface area contributed by atoms with Gasteiger partial charge in [0.2, 0.25) is 0 Å². The van der Waals surface area contributed by atoms with Gasteiger partial charge in [0.05, 0.1) is 0 Å². The summed E-state index contributed by atoms with van der Waals surface area (Å²) in [6, 6.07) is 14.1. The zero-order chi connectivity index (χ0) is 15.2. The Morgan fingerprint density at radius 3 is 2.38 bits per heavy atom. The fraction of sp³-hybridized carbons (Fsp3) is 0.278. The van der Waals surface area contributed by atoms with Gasteiger partial charge in [0, 0.05) is 22.8 Å². The zero-order valence-electron chi connectivity index (χ0n) is 12.8. The minimum Gasteiger partial charge on any atom is -0.351 e. The maximum atomic E-state index is 11.9. The van der Waals surface area contributed by atoms with Crippen LogP contribution >= 0.6 is 11.8 Å². The van der Waals surface area contributed by atoms with Gasteiger partial charge in [-0.15, -0.1) is 11.8 Å². The lowest BCUT2D eigenvalue weighted by Gasteiger charge is -2.07. The fourth-order valence-electron chi connectivity index (χ4n) is 1.94. The molecule has 0 aromatic heterocycles. The van der Waals surface area contributed by atoms with Crippen molar-refractivity contribution in [3.05, 3.63) is 64.7 Å². The van der Waals surface area contributed by atoms with Crippen LogP contribution in [0, 0.1) is 20.8 Å². The average Bonchev–Trinajstić information content (AvgIpc) is 2.47. The SMILES string of the molecule is Cc1ccc(C(=O)NCCSc2ccc(C)c(C)c2)cc1. The first-order valence-corrected chi connectivity index (χ1v) is 8.10. The number of benzene rings is 2. The summed E-state index contributed by atoms with van der Waals surface area (Å²) in [4.78, 5) is 13.2. The first-order chi connectivity index (χ1) is 10.1. The second kappa shape index (κ2) is 7.32. The summed E-state index contributed by atoms with van der Waals surface area (Å²) in [5.74, 6) is 0.871. The van der Waals surface area contributed by atoms with Gasteiger partial charge in [-0.3, -0.25) is 4.79 Å². The summed E-state index contributed by atoms with van der Waals surface area (Å²) in [6.45, 7) is 6.93. The molecule has 0 fully saturated rings. The fourth-order valence-corrected chi connectivity index (χ4v) is 2.81. The van der Waals surface area contributed by atoms with Gasteiger partial charge in [-0.05, 0) is 56.2 Å². The van der Waals surface area contributed by atoms with Gasteiger partial charge in [-0.1, -0.05) is 23.8 Å². The molecule has 0 spiro atoms. The van der Waals surface area contributed by atoms with E-state index < -0.39 is 0 Å². The molecular formula is C18H21NOS. The highest BCUT2D eigenvalue weighted by Gasteiger charge is 2.04. The van der Waals surface area contributed by atoms with E-state index in [4.69, 9.17) is 0 Å². The lowest BCUT2D eigenvalue weighted by molar-refractivity contribution is 0.0956. The number of thioether (sulfide) groups is 1. The first-order valence-electron chi connectivity index (χ1n) is 7.11. The van der Waals surface area contributed by atoms with Crippen LogP contribution in [-0.2, 0) is 0 Å². The average molecular weight is 299 g/mol. The summed E-state index contributed by atoms with van der Waals surface area (Å²) in [7, 11) is 0. The minimum atomic E-state index is -0.00399. The number of amides is 1. The third-order valence-corrected chi connectivity index (χ3v) is 4.44. The molecule has 1 N–H and O–H groups in total. The summed E-state index contributed by atoms with van der Waals surface area (Å²) in [5, 5.41) is 2.95. The summed E-state index contributed by atoms with van der Waals surface area (Å²) in [6.07, 6.45) is 0. The summed E-state index contributed by atoms with van der Waals surface area (Å²) in [5.41, 5.74) is 4.50. The maximum Gasteiger partial charge on any atom is 0.251 e. The second-order valence-electron chi connectivity index (χ2n) is 5.22. The van der Waals surface area contributed by atoms with Crippen molar-refractivity contribution < 1.29 is 4.79 Å². The smallest absolute Gasteiger partial charge is 0.251 e. The second-order valence-corrected chi connectivity index (χ2v) is 6.38. The molecule has 2 aromatic carbocycles. The number of hydrogen-bond donors (Lipinski definition) is 1. The number of hydrogen-bond acceptors (Lipinski definition) is 2. The molecule has 2 aromatic rings. The van der Waals surface area contributed by atoms with Crippen molar-refractivity contribution >= 4 is 17.7 Å². The van der Waals surface area contributed by atoms with E-state index >= 15 is 0 Å². The molecule has 2 rings (SSSR count). The van der Waals surface area contributed by atoms with E-state index in [0.717, 1.165) is 16.9 Å². The van der Waals surface area contributed by atoms with Crippen LogP contribution in [0.15, 0.2) is 47.4 Å². The maximum absolute atomic E-state index is 11.9. The number of carbonyl (C=O) groups excluding carboxylic acids is 1. The minimum absolute atomic E-state index is 0.00399. The predicted octanol–water partition coefficient (Wildman–Crippen LogP) is 4.13. The normalized spacial score (nSPS) is 10.4. The first kappa shape index (κ1) is 15.6. The van der Waals surface area contributed by atoms with Gasteiger partial charge < -0.3 is 5.32 Å². The number of aryl methyl sites for hydroxylation is 3. The van der Waals surface area contributed by atoms with Crippen LogP contribution in [0.2, 0.25) is 0 Å². The van der Waals surface area contributed by atoms with Crippen LogP contribution in [0.4, 0.5) is 0 Å². The summed E-state index contributed by atoms with van der Waals surface area (Å²) >= 11 is 1.77. The lowest BCUT2D eigenvalue weighted by atomic mass is 10.1. The highest BCUT2D eigenvalue weighted by molar-refractivity contribution is 7.99. The molecule has 0 unspecified atom stereocenters. The van der Waals surface area contributed by atoms with Gasteiger partial charge in [-0.2, -0.15) is 0 Å². The van der Waals surface area contributed by atoms with Crippen molar-refractivity contribution in [3.63, 3.8) is 0 Å². The highest BCUT2D eigenvalue weighted by Crippen LogP contribution is 2.20. The van der Waals surface area contributed by atoms with Crippen molar-refractivity contribution in [2.75, 3.05) is 12.3 Å². The molecule has 110 valence electrons. The molecule has 0 aliphatic rings. The van der Waals surface area contributed by atoms with Crippen molar-refractivity contribution in [1.82, 2.24) is 5.32 Å². The Balaban J connectivity index is 1.77. The Labute approximate surface area is 131 Å². The topological polar surface area (TPSA) is 29.1 Å². The summed E-state index contributed by atoms with van der Waals surface area (Å²) < 4.78 is 0. The van der Waals surface area contributed by atoms with Crippen LogP contribution in [0.3, 0.4) is 0 Å². The zero-order valence-corrected chi connectivity index (χ0v) is 13.6. The van der Waals surface area contributed by atoms with Crippen LogP contribution in [-0.4, -0.2) is 18.2 Å². The van der Waals surface area contributed by atoms with Crippen molar-refractivity contribution in [2.45, 2.75) is 25.7 Å². The van der Waals surface area contributed by atoms with E-state index in [-0.39, 0.29) is 5.91 Å². The predicted molar refractivity (Wildman–Crippen MR) is 90.2 cm³/mol. The van der Waals surface area contributed by atoms with E-state index in [1.807, 2.05) is 31.2 Å². The van der Waals surface area contributed by atoms with Gasteiger partial charge in [0.25, 0.3) is 5.91 Å². The third-order valence-electron chi connectivity index (χ3n) is 3.45. The van der Waals surface area contributed by atoms with E-state index in [1.54, 1.807) is 11.8 Å². The highest BCUT2D eigenvalue weighted by atomic mass is 32.2. The monoisotopic (exact) mass is 299 g/mol. The Morgan fingerprint density at radius 1 is 1.00 bits per heavy atom. The Hall–Kier alpha value is -1.74. The van der Waals surface area contributed by atoms with Gasteiger partial charge >= 0.3 is 0 Å². The van der Waals surface area contributed by atoms with E-state index in [2.05, 4.69) is 37.4 Å². The van der Waals surface area contributed by atoms with E-state index in [9.17, 15) is 4.79 Å². The van der Waals surface area contributed by atoms with Crippen LogP contribution in [0.25, 0.3) is 0 Å². The molecule has 0 bridgehead atoms. The lowest BCUT2D eigenvalue weighted by Crippen LogP contribution is -2.25. The Kier molecular flexibility index (Phi) is 5.45. The van der Waals surface area contributed by atoms with Crippen LogP contribution < -0.4 is 5.32 Å². The molecule has 0 atom stereocenters. The number of rotatable bonds is 5. The molecule has 0 heterocycles. The Bertz CT molecular complexity index is 620. The quantitative estimate of drug-likeness (QED) is 0.664. The third kappa shape index (κ3) is 4.64. The molecular weight excluding hydrogens is 278 g/mol. The van der Waals surface area contributed by atoms with Crippen molar-refractivity contribution in [3.8, 4) is 0 Å². The number of nitrogens with one attached hydrogen (secondary N) is 1. The largest absolute Gasteiger partial charge is 0.351 e. The molecule has 3 heteroatoms. The van der Waals surface area contributed by atoms with Gasteiger partial charge in [0.1, 0.15) is 0 Å². The van der Waals surface area contributed by atoms with E-state index in [0.29, 0.717) is 6.54 Å². The molecule has 0 saturated carbocycles. The molecule has 0 radical (unpaired) electrons. The standard InChI is InChI=1S/C18H21NOS/c1-13-4-7-16(8-5-13)18(20)19-10-11-21-17-9-6-14(2)15(3)12-17/h4-9,12H,10-11H2,1-3H3,(H,19,20). The molecule has 0 saturated heterocycles. The van der Waals surface area contributed by atoms with Crippen LogP contribution in [0.5, 0.6) is 0 Å². The Morgan fingerprint density at radius 2 is 1.71 bits per heavy atom. The molecule has 2 nitrogen and oxygen atoms in total. The van der Waals surface area contributed by atoms with Crippen LogP contribution in [0.1, 0.15) is 27.0 Å². The molecule has 0 aliphatic heterocycles. The molecule has 21 heavy (non-hydrogen) atoms. The molecule has 1 amide bonds. The van der Waals surface area contributed by atoms with E-state index in [1.165, 1.54) is 16.0 Å². The van der Waals surface area contributed by atoms with Gasteiger partial charge in [0.15, 0.2) is 0 Å². The molecule has 0 aliphatic carbocycles. The van der Waals surface area contributed by atoms with Crippen molar-refractivity contribution in [1.29, 1.82) is 0 Å². The van der Waals surface area contributed by atoms with Gasteiger partial charge in [-0.25, -0.2) is 0 Å².